The SMILES string of the molecule is CCOP(=O)(CCCn1c(=O)c2c(ncn2C)n(C)c1=O)OCC. The van der Waals surface area contributed by atoms with Gasteiger partial charge in [-0.3, -0.25) is 18.5 Å². The van der Waals surface area contributed by atoms with Crippen LogP contribution in [-0.4, -0.2) is 38.1 Å². The molecule has 0 radical (unpaired) electrons. The van der Waals surface area contributed by atoms with Gasteiger partial charge in [0, 0.05) is 20.6 Å². The molecule has 0 spiro atoms. The van der Waals surface area contributed by atoms with E-state index in [1.807, 2.05) is 0 Å². The van der Waals surface area contributed by atoms with E-state index in [0.717, 1.165) is 4.57 Å². The molecule has 2 rings (SSSR count). The number of imidazole rings is 1. The van der Waals surface area contributed by atoms with Gasteiger partial charge in [-0.1, -0.05) is 0 Å². The lowest BCUT2D eigenvalue weighted by atomic mass is 10.4. The predicted molar refractivity (Wildman–Crippen MR) is 90.6 cm³/mol. The summed E-state index contributed by atoms with van der Waals surface area (Å²) in [5.41, 5.74) is -0.155. The normalized spacial score (nSPS) is 12.2. The molecule has 0 aliphatic carbocycles. The Morgan fingerprint density at radius 1 is 1.17 bits per heavy atom. The minimum atomic E-state index is -3.19. The summed E-state index contributed by atoms with van der Waals surface area (Å²) in [4.78, 5) is 29.0. The van der Waals surface area contributed by atoms with E-state index in [1.54, 1.807) is 32.5 Å². The van der Waals surface area contributed by atoms with Gasteiger partial charge in [0.15, 0.2) is 11.2 Å². The summed E-state index contributed by atoms with van der Waals surface area (Å²) in [5, 5.41) is 0. The van der Waals surface area contributed by atoms with E-state index in [0.29, 0.717) is 17.6 Å². The van der Waals surface area contributed by atoms with Crippen LogP contribution in [0.1, 0.15) is 20.3 Å². The molecule has 0 amide bonds. The topological polar surface area (TPSA) is 97.4 Å². The molecule has 2 aromatic rings. The number of aromatic nitrogens is 4. The number of nitrogens with zero attached hydrogens (tertiary/aromatic N) is 4. The van der Waals surface area contributed by atoms with E-state index < -0.39 is 18.8 Å². The van der Waals surface area contributed by atoms with Gasteiger partial charge in [0.1, 0.15) is 0 Å². The van der Waals surface area contributed by atoms with Crippen LogP contribution in [0.15, 0.2) is 15.9 Å². The Morgan fingerprint density at radius 2 is 1.79 bits per heavy atom. The molecule has 9 nitrogen and oxygen atoms in total. The first-order chi connectivity index (χ1) is 11.3. The fourth-order valence-corrected chi connectivity index (χ4v) is 4.22. The Bertz CT molecular complexity index is 872. The second-order valence-corrected chi connectivity index (χ2v) is 7.54. The molecule has 134 valence electrons. The van der Waals surface area contributed by atoms with Crippen molar-refractivity contribution in [2.75, 3.05) is 19.4 Å². The van der Waals surface area contributed by atoms with Crippen molar-refractivity contribution in [1.82, 2.24) is 18.7 Å². The first-order valence-corrected chi connectivity index (χ1v) is 9.56. The second kappa shape index (κ2) is 7.46. The lowest BCUT2D eigenvalue weighted by molar-refractivity contribution is 0.219. The summed E-state index contributed by atoms with van der Waals surface area (Å²) in [6, 6.07) is 0. The highest BCUT2D eigenvalue weighted by atomic mass is 31.2. The zero-order valence-corrected chi connectivity index (χ0v) is 15.3. The van der Waals surface area contributed by atoms with Crippen molar-refractivity contribution in [3.05, 3.63) is 27.2 Å². The van der Waals surface area contributed by atoms with Crippen LogP contribution in [0.25, 0.3) is 11.2 Å². The van der Waals surface area contributed by atoms with Gasteiger partial charge in [0.25, 0.3) is 5.56 Å². The molecule has 0 fully saturated rings. The molecule has 24 heavy (non-hydrogen) atoms. The average molecular weight is 358 g/mol. The quantitative estimate of drug-likeness (QED) is 0.655. The molecule has 0 aliphatic heterocycles. The van der Waals surface area contributed by atoms with Crippen molar-refractivity contribution < 1.29 is 13.6 Å². The number of fused-ring (bicyclic) bond motifs is 1. The van der Waals surface area contributed by atoms with Crippen LogP contribution in [0.2, 0.25) is 0 Å². The molecule has 10 heteroatoms. The molecule has 0 N–H and O–H groups in total. The Balaban J connectivity index is 2.28. The summed E-state index contributed by atoms with van der Waals surface area (Å²) < 4.78 is 26.9. The molecule has 0 atom stereocenters. The smallest absolute Gasteiger partial charge is 0.328 e. The molecule has 2 heterocycles. The Kier molecular flexibility index (Phi) is 5.79. The molecule has 0 bridgehead atoms. The molecule has 0 unspecified atom stereocenters. The van der Waals surface area contributed by atoms with Crippen LogP contribution in [0.4, 0.5) is 0 Å². The zero-order valence-electron chi connectivity index (χ0n) is 14.4. The van der Waals surface area contributed by atoms with Crippen LogP contribution in [0.5, 0.6) is 0 Å². The summed E-state index contributed by atoms with van der Waals surface area (Å²) in [6.45, 7) is 4.17. The fourth-order valence-electron chi connectivity index (χ4n) is 2.58. The number of aryl methyl sites for hydroxylation is 2. The molecular weight excluding hydrogens is 335 g/mol. The minimum Gasteiger partial charge on any atom is -0.328 e. The summed E-state index contributed by atoms with van der Waals surface area (Å²) in [7, 11) is 0.0808. The first-order valence-electron chi connectivity index (χ1n) is 7.83. The summed E-state index contributed by atoms with van der Waals surface area (Å²) in [5.74, 6) is 0. The maximum absolute atomic E-state index is 12.5. The van der Waals surface area contributed by atoms with Crippen LogP contribution in [0.3, 0.4) is 0 Å². The lowest BCUT2D eigenvalue weighted by Gasteiger charge is -2.17. The molecule has 0 saturated carbocycles. The van der Waals surface area contributed by atoms with Gasteiger partial charge < -0.3 is 13.6 Å². The monoisotopic (exact) mass is 358 g/mol. The van der Waals surface area contributed by atoms with Gasteiger partial charge in [-0.25, -0.2) is 9.78 Å². The molecule has 0 saturated heterocycles. The summed E-state index contributed by atoms with van der Waals surface area (Å²) >= 11 is 0. The van der Waals surface area contributed by atoms with Gasteiger partial charge in [-0.2, -0.15) is 0 Å². The maximum atomic E-state index is 12.5. The van der Waals surface area contributed by atoms with E-state index in [1.165, 1.54) is 10.9 Å². The van der Waals surface area contributed by atoms with E-state index in [9.17, 15) is 14.2 Å². The molecule has 0 aliphatic rings. The molecule has 0 aromatic carbocycles. The van der Waals surface area contributed by atoms with Gasteiger partial charge in [0.2, 0.25) is 0 Å². The van der Waals surface area contributed by atoms with Gasteiger partial charge >= 0.3 is 13.3 Å². The highest BCUT2D eigenvalue weighted by Gasteiger charge is 2.23. The van der Waals surface area contributed by atoms with Crippen molar-refractivity contribution in [2.24, 2.45) is 14.1 Å². The van der Waals surface area contributed by atoms with E-state index in [4.69, 9.17) is 9.05 Å². The maximum Gasteiger partial charge on any atom is 0.332 e. The number of hydrogen-bond donors (Lipinski definition) is 0. The van der Waals surface area contributed by atoms with Crippen LogP contribution >= 0.6 is 7.60 Å². The largest absolute Gasteiger partial charge is 0.332 e. The third kappa shape index (κ3) is 3.53. The van der Waals surface area contributed by atoms with Gasteiger partial charge in [-0.15, -0.1) is 0 Å². The second-order valence-electron chi connectivity index (χ2n) is 5.35. The van der Waals surface area contributed by atoms with Crippen LogP contribution < -0.4 is 11.2 Å². The van der Waals surface area contributed by atoms with Crippen LogP contribution in [-0.2, 0) is 34.3 Å². The Labute approximate surface area is 139 Å². The highest BCUT2D eigenvalue weighted by molar-refractivity contribution is 7.53. The fraction of sp³-hybridized carbons (Fsp3) is 0.643. The Morgan fingerprint density at radius 3 is 2.38 bits per heavy atom. The van der Waals surface area contributed by atoms with Crippen molar-refractivity contribution in [3.8, 4) is 0 Å². The number of rotatable bonds is 8. The number of hydrogen-bond acceptors (Lipinski definition) is 6. The third-order valence-electron chi connectivity index (χ3n) is 3.67. The van der Waals surface area contributed by atoms with Crippen molar-refractivity contribution in [3.63, 3.8) is 0 Å². The first kappa shape index (κ1) is 18.6. The molecular formula is C14H23N4O5P. The third-order valence-corrected chi connectivity index (χ3v) is 5.83. The minimum absolute atomic E-state index is 0.136. The van der Waals surface area contributed by atoms with Crippen molar-refractivity contribution in [2.45, 2.75) is 26.8 Å². The van der Waals surface area contributed by atoms with Gasteiger partial charge in [-0.05, 0) is 20.3 Å². The summed E-state index contributed by atoms with van der Waals surface area (Å²) in [6.07, 6.45) is 1.97. The van der Waals surface area contributed by atoms with Crippen LogP contribution in [0, 0.1) is 0 Å². The van der Waals surface area contributed by atoms with Gasteiger partial charge in [0.05, 0.1) is 25.7 Å². The standard InChI is InChI=1S/C14H23N4O5P/c1-5-22-24(21,23-6-2)9-7-8-18-13(19)11-12(15-10-16(11)3)17(4)14(18)20/h10H,5-9H2,1-4H3. The van der Waals surface area contributed by atoms with Crippen molar-refractivity contribution in [1.29, 1.82) is 0 Å². The zero-order chi connectivity index (χ0) is 17.9. The average Bonchev–Trinajstić information content (AvgIpc) is 2.91. The van der Waals surface area contributed by atoms with E-state index >= 15 is 0 Å². The lowest BCUT2D eigenvalue weighted by Crippen LogP contribution is -2.39. The van der Waals surface area contributed by atoms with E-state index in [2.05, 4.69) is 4.98 Å². The van der Waals surface area contributed by atoms with Crippen molar-refractivity contribution >= 4 is 18.8 Å². The molecule has 2 aromatic heterocycles. The Hall–Kier alpha value is -1.70. The van der Waals surface area contributed by atoms with E-state index in [-0.39, 0.29) is 25.9 Å². The highest BCUT2D eigenvalue weighted by Crippen LogP contribution is 2.48. The predicted octanol–water partition coefficient (Wildman–Crippen LogP) is 1.09.